The summed E-state index contributed by atoms with van der Waals surface area (Å²) in [6, 6.07) is 16.1. The summed E-state index contributed by atoms with van der Waals surface area (Å²) < 4.78 is 12.9. The molecule has 0 aliphatic rings. The van der Waals surface area contributed by atoms with E-state index >= 15 is 0 Å². The maximum atomic E-state index is 12.5. The van der Waals surface area contributed by atoms with Gasteiger partial charge in [-0.2, -0.15) is 0 Å². The summed E-state index contributed by atoms with van der Waals surface area (Å²) in [5.74, 6) is -1.53. The third-order valence-electron chi connectivity index (χ3n) is 4.92. The molecule has 1 aromatic heterocycles. The van der Waals surface area contributed by atoms with E-state index in [-0.39, 0.29) is 12.2 Å². The molecular weight excluding hydrogens is 418 g/mol. The van der Waals surface area contributed by atoms with Crippen LogP contribution in [-0.2, 0) is 22.6 Å². The smallest absolute Gasteiger partial charge is 0.339 e. The lowest BCUT2D eigenvalue weighted by molar-refractivity contribution is 0.0524. The summed E-state index contributed by atoms with van der Waals surface area (Å²) in [4.78, 5) is 24.2. The van der Waals surface area contributed by atoms with E-state index in [1.807, 2.05) is 34.9 Å². The van der Waals surface area contributed by atoms with Crippen molar-refractivity contribution in [2.45, 2.75) is 27.0 Å². The van der Waals surface area contributed by atoms with Gasteiger partial charge in [-0.3, -0.25) is 0 Å². The predicted molar refractivity (Wildman–Crippen MR) is 119 cm³/mol. The van der Waals surface area contributed by atoms with Crippen molar-refractivity contribution in [3.05, 3.63) is 82.0 Å². The monoisotopic (exact) mass is 441 g/mol. The Morgan fingerprint density at radius 3 is 2.48 bits per heavy atom. The molecule has 3 aromatic rings. The molecule has 0 aliphatic carbocycles. The minimum atomic E-state index is -1.07. The van der Waals surface area contributed by atoms with E-state index in [2.05, 4.69) is 0 Å². The van der Waals surface area contributed by atoms with Gasteiger partial charge >= 0.3 is 11.9 Å². The van der Waals surface area contributed by atoms with Crippen molar-refractivity contribution in [1.82, 2.24) is 4.57 Å². The van der Waals surface area contributed by atoms with Crippen molar-refractivity contribution in [3.63, 3.8) is 0 Å². The first kappa shape index (κ1) is 22.6. The van der Waals surface area contributed by atoms with Gasteiger partial charge in [0.1, 0.15) is 0 Å². The summed E-state index contributed by atoms with van der Waals surface area (Å²) >= 11 is 6.16. The van der Waals surface area contributed by atoms with Crippen LogP contribution in [0.4, 0.5) is 0 Å². The molecule has 0 radical (unpaired) electrons. The highest BCUT2D eigenvalue weighted by molar-refractivity contribution is 6.31. The van der Waals surface area contributed by atoms with Gasteiger partial charge in [-0.1, -0.05) is 41.9 Å². The minimum absolute atomic E-state index is 0.101. The highest BCUT2D eigenvalue weighted by Crippen LogP contribution is 2.31. The van der Waals surface area contributed by atoms with Gasteiger partial charge in [-0.05, 0) is 43.7 Å². The highest BCUT2D eigenvalue weighted by Gasteiger charge is 2.22. The molecule has 3 rings (SSSR count). The van der Waals surface area contributed by atoms with Gasteiger partial charge in [0, 0.05) is 22.8 Å². The zero-order chi connectivity index (χ0) is 22.4. The van der Waals surface area contributed by atoms with Gasteiger partial charge in [0.05, 0.1) is 36.6 Å². The van der Waals surface area contributed by atoms with E-state index in [0.717, 1.165) is 5.56 Å². The largest absolute Gasteiger partial charge is 0.478 e. The van der Waals surface area contributed by atoms with Crippen molar-refractivity contribution < 1.29 is 24.2 Å². The SMILES string of the molecule is CCOC(=O)c1cc(-c2cc(Cl)ccc2C(=O)O)n(CCOCc2ccccc2)c1C. The Bertz CT molecular complexity index is 1080. The first-order chi connectivity index (χ1) is 14.9. The van der Waals surface area contributed by atoms with Gasteiger partial charge < -0.3 is 19.1 Å². The number of halogens is 1. The van der Waals surface area contributed by atoms with Crippen molar-refractivity contribution in [3.8, 4) is 11.3 Å². The number of nitrogens with zero attached hydrogens (tertiary/aromatic N) is 1. The summed E-state index contributed by atoms with van der Waals surface area (Å²) in [7, 11) is 0. The average Bonchev–Trinajstić information content (AvgIpc) is 3.08. The molecule has 0 unspecified atom stereocenters. The van der Waals surface area contributed by atoms with Gasteiger partial charge in [0.25, 0.3) is 0 Å². The van der Waals surface area contributed by atoms with E-state index in [4.69, 9.17) is 21.1 Å². The zero-order valence-corrected chi connectivity index (χ0v) is 18.2. The Labute approximate surface area is 186 Å². The molecule has 7 heteroatoms. The lowest BCUT2D eigenvalue weighted by Gasteiger charge is -2.14. The zero-order valence-electron chi connectivity index (χ0n) is 17.4. The number of aromatic carboxylic acids is 1. The molecule has 0 aliphatic heterocycles. The fourth-order valence-electron chi connectivity index (χ4n) is 3.41. The Balaban J connectivity index is 1.94. The van der Waals surface area contributed by atoms with Crippen molar-refractivity contribution in [1.29, 1.82) is 0 Å². The standard InChI is InChI=1S/C24H24ClNO5/c1-3-31-24(29)20-14-22(21-13-18(25)9-10-19(21)23(27)28)26(16(20)2)11-12-30-15-17-7-5-4-6-8-17/h4-10,13-14H,3,11-12,15H2,1-2H3,(H,27,28). The van der Waals surface area contributed by atoms with Crippen LogP contribution in [0.1, 0.15) is 38.9 Å². The van der Waals surface area contributed by atoms with E-state index in [9.17, 15) is 14.7 Å². The minimum Gasteiger partial charge on any atom is -0.478 e. The Kier molecular flexibility index (Phi) is 7.50. The molecule has 1 heterocycles. The number of carbonyl (C=O) groups is 2. The number of carboxylic acid groups (broad SMARTS) is 1. The maximum absolute atomic E-state index is 12.5. The summed E-state index contributed by atoms with van der Waals surface area (Å²) in [6.45, 7) is 5.05. The fraction of sp³-hybridized carbons (Fsp3) is 0.250. The van der Waals surface area contributed by atoms with Gasteiger partial charge in [0.2, 0.25) is 0 Å². The number of carboxylic acids is 1. The van der Waals surface area contributed by atoms with Crippen LogP contribution >= 0.6 is 11.6 Å². The number of esters is 1. The van der Waals surface area contributed by atoms with Crippen molar-refractivity contribution in [2.75, 3.05) is 13.2 Å². The number of rotatable bonds is 9. The number of ether oxygens (including phenoxy) is 2. The molecule has 2 aromatic carbocycles. The molecule has 0 saturated carbocycles. The molecule has 0 amide bonds. The number of aromatic nitrogens is 1. The van der Waals surface area contributed by atoms with Gasteiger partial charge in [0.15, 0.2) is 0 Å². The van der Waals surface area contributed by atoms with Crippen LogP contribution in [0.3, 0.4) is 0 Å². The fourth-order valence-corrected chi connectivity index (χ4v) is 3.58. The molecule has 31 heavy (non-hydrogen) atoms. The van der Waals surface area contributed by atoms with E-state index in [1.165, 1.54) is 12.1 Å². The third kappa shape index (κ3) is 5.34. The lowest BCUT2D eigenvalue weighted by Crippen LogP contribution is -2.12. The molecule has 0 atom stereocenters. The molecule has 1 N–H and O–H groups in total. The summed E-state index contributed by atoms with van der Waals surface area (Å²) in [6.07, 6.45) is 0. The first-order valence-corrected chi connectivity index (χ1v) is 10.3. The second-order valence-electron chi connectivity index (χ2n) is 6.93. The molecule has 6 nitrogen and oxygen atoms in total. The van der Waals surface area contributed by atoms with Crippen LogP contribution in [-0.4, -0.2) is 34.8 Å². The van der Waals surface area contributed by atoms with Crippen LogP contribution in [0.2, 0.25) is 5.02 Å². The number of carbonyl (C=O) groups excluding carboxylic acids is 1. The molecular formula is C24H24ClNO5. The van der Waals surface area contributed by atoms with Crippen LogP contribution in [0.15, 0.2) is 54.6 Å². The van der Waals surface area contributed by atoms with Gasteiger partial charge in [-0.15, -0.1) is 0 Å². The molecule has 0 fully saturated rings. The Morgan fingerprint density at radius 1 is 1.06 bits per heavy atom. The Morgan fingerprint density at radius 2 is 1.81 bits per heavy atom. The Hall–Kier alpha value is -3.09. The molecule has 0 spiro atoms. The molecule has 0 saturated heterocycles. The number of hydrogen-bond acceptors (Lipinski definition) is 4. The topological polar surface area (TPSA) is 77.8 Å². The number of benzene rings is 2. The molecule has 0 bridgehead atoms. The lowest BCUT2D eigenvalue weighted by atomic mass is 10.0. The average molecular weight is 442 g/mol. The highest BCUT2D eigenvalue weighted by atomic mass is 35.5. The quantitative estimate of drug-likeness (QED) is 0.364. The van der Waals surface area contributed by atoms with Gasteiger partial charge in [-0.25, -0.2) is 9.59 Å². The van der Waals surface area contributed by atoms with E-state index in [1.54, 1.807) is 26.0 Å². The van der Waals surface area contributed by atoms with Crippen LogP contribution in [0.5, 0.6) is 0 Å². The predicted octanol–water partition coefficient (Wildman–Crippen LogP) is 5.21. The van der Waals surface area contributed by atoms with Crippen LogP contribution < -0.4 is 0 Å². The second kappa shape index (κ2) is 10.3. The normalized spacial score (nSPS) is 10.8. The third-order valence-corrected chi connectivity index (χ3v) is 5.16. The van der Waals surface area contributed by atoms with Crippen molar-refractivity contribution in [2.24, 2.45) is 0 Å². The summed E-state index contributed by atoms with van der Waals surface area (Å²) in [5.41, 5.74) is 3.22. The number of hydrogen-bond donors (Lipinski definition) is 1. The van der Waals surface area contributed by atoms with Crippen molar-refractivity contribution >= 4 is 23.5 Å². The summed E-state index contributed by atoms with van der Waals surface area (Å²) in [5, 5.41) is 10.1. The van der Waals surface area contributed by atoms with Crippen LogP contribution in [0.25, 0.3) is 11.3 Å². The second-order valence-corrected chi connectivity index (χ2v) is 7.37. The molecule has 162 valence electrons. The first-order valence-electron chi connectivity index (χ1n) is 9.94. The maximum Gasteiger partial charge on any atom is 0.339 e. The van der Waals surface area contributed by atoms with E-state index in [0.29, 0.717) is 47.3 Å². The van der Waals surface area contributed by atoms with E-state index < -0.39 is 11.9 Å². The van der Waals surface area contributed by atoms with Crippen LogP contribution in [0, 0.1) is 6.92 Å².